The molecule has 0 atom stereocenters. The van der Waals surface area contributed by atoms with Crippen molar-refractivity contribution in [2.45, 2.75) is 0 Å². The Morgan fingerprint density at radius 1 is 0.885 bits per heavy atom. The first kappa shape index (κ1) is 17.5. The maximum absolute atomic E-state index is 12.4. The summed E-state index contributed by atoms with van der Waals surface area (Å²) in [6.45, 7) is 0. The smallest absolute Gasteiger partial charge is 0.255 e. The Hall–Kier alpha value is -3.31. The fourth-order valence-corrected chi connectivity index (χ4v) is 2.49. The molecule has 6 heteroatoms. The molecule has 26 heavy (non-hydrogen) atoms. The topological polar surface area (TPSA) is 81.4 Å². The molecule has 0 aliphatic carbocycles. The lowest BCUT2D eigenvalue weighted by Gasteiger charge is -2.10. The standard InChI is InChI=1S/C20H15ClN2O3/c21-14-8-11-18(17(12-14)19(22)24)23-20(25)13-6-9-16(10-7-13)26-15-4-2-1-3-5-15/h1-12H,(H2,22,24)(H,23,25). The van der Waals surface area contributed by atoms with Crippen molar-refractivity contribution in [3.05, 3.63) is 88.9 Å². The van der Waals surface area contributed by atoms with Gasteiger partial charge in [0.1, 0.15) is 11.5 Å². The summed E-state index contributed by atoms with van der Waals surface area (Å²) in [5.74, 6) is 0.268. The number of nitrogens with two attached hydrogens (primary N) is 1. The highest BCUT2D eigenvalue weighted by molar-refractivity contribution is 6.31. The van der Waals surface area contributed by atoms with Crippen LogP contribution in [0.2, 0.25) is 5.02 Å². The van der Waals surface area contributed by atoms with Crippen LogP contribution in [0.3, 0.4) is 0 Å². The average Bonchev–Trinajstić information content (AvgIpc) is 2.64. The highest BCUT2D eigenvalue weighted by Crippen LogP contribution is 2.23. The number of halogens is 1. The number of carbonyl (C=O) groups excluding carboxylic acids is 2. The normalized spacial score (nSPS) is 10.2. The largest absolute Gasteiger partial charge is 0.457 e. The number of ether oxygens (including phenoxy) is 1. The van der Waals surface area contributed by atoms with Crippen molar-refractivity contribution in [1.82, 2.24) is 0 Å². The van der Waals surface area contributed by atoms with E-state index in [2.05, 4.69) is 5.32 Å². The van der Waals surface area contributed by atoms with Crippen LogP contribution < -0.4 is 15.8 Å². The minimum absolute atomic E-state index is 0.148. The van der Waals surface area contributed by atoms with Gasteiger partial charge in [0.05, 0.1) is 11.3 Å². The Morgan fingerprint density at radius 2 is 1.54 bits per heavy atom. The quantitative estimate of drug-likeness (QED) is 0.698. The summed E-state index contributed by atoms with van der Waals surface area (Å²) in [5, 5.41) is 3.03. The van der Waals surface area contributed by atoms with Gasteiger partial charge in [0.15, 0.2) is 0 Å². The highest BCUT2D eigenvalue weighted by atomic mass is 35.5. The summed E-state index contributed by atoms with van der Waals surface area (Å²) in [5.41, 5.74) is 6.19. The van der Waals surface area contributed by atoms with Gasteiger partial charge in [0, 0.05) is 10.6 Å². The number of nitrogens with one attached hydrogen (secondary N) is 1. The molecule has 3 rings (SSSR count). The van der Waals surface area contributed by atoms with Gasteiger partial charge in [-0.1, -0.05) is 29.8 Å². The van der Waals surface area contributed by atoms with Crippen LogP contribution in [0.5, 0.6) is 11.5 Å². The Kier molecular flexibility index (Phi) is 5.20. The fourth-order valence-electron chi connectivity index (χ4n) is 2.32. The van der Waals surface area contributed by atoms with E-state index in [0.29, 0.717) is 27.8 Å². The van der Waals surface area contributed by atoms with E-state index in [1.54, 1.807) is 30.3 Å². The molecule has 0 saturated carbocycles. The predicted octanol–water partition coefficient (Wildman–Crippen LogP) is 4.48. The van der Waals surface area contributed by atoms with Gasteiger partial charge in [0.2, 0.25) is 0 Å². The zero-order chi connectivity index (χ0) is 18.5. The zero-order valence-electron chi connectivity index (χ0n) is 13.6. The molecule has 2 amide bonds. The molecule has 0 radical (unpaired) electrons. The third-order valence-electron chi connectivity index (χ3n) is 3.59. The Balaban J connectivity index is 1.74. The van der Waals surface area contributed by atoms with Crippen LogP contribution in [-0.4, -0.2) is 11.8 Å². The van der Waals surface area contributed by atoms with Crippen molar-refractivity contribution in [3.63, 3.8) is 0 Å². The van der Waals surface area contributed by atoms with Gasteiger partial charge < -0.3 is 15.8 Å². The van der Waals surface area contributed by atoms with Gasteiger partial charge in [-0.2, -0.15) is 0 Å². The number of hydrogen-bond acceptors (Lipinski definition) is 3. The van der Waals surface area contributed by atoms with Gasteiger partial charge in [-0.05, 0) is 54.6 Å². The van der Waals surface area contributed by atoms with Gasteiger partial charge in [-0.25, -0.2) is 0 Å². The molecule has 5 nitrogen and oxygen atoms in total. The van der Waals surface area contributed by atoms with E-state index < -0.39 is 5.91 Å². The second-order valence-electron chi connectivity index (χ2n) is 5.45. The van der Waals surface area contributed by atoms with Crippen LogP contribution in [0.4, 0.5) is 5.69 Å². The van der Waals surface area contributed by atoms with Crippen LogP contribution in [-0.2, 0) is 0 Å². The average molecular weight is 367 g/mol. The van der Waals surface area contributed by atoms with Crippen molar-refractivity contribution in [2.24, 2.45) is 5.73 Å². The molecule has 0 bridgehead atoms. The molecule has 3 N–H and O–H groups in total. The van der Waals surface area contributed by atoms with E-state index in [9.17, 15) is 9.59 Å². The molecule has 0 aliphatic heterocycles. The zero-order valence-corrected chi connectivity index (χ0v) is 14.4. The Bertz CT molecular complexity index is 941. The van der Waals surface area contributed by atoms with Crippen molar-refractivity contribution in [2.75, 3.05) is 5.32 Å². The van der Waals surface area contributed by atoms with Crippen molar-refractivity contribution in [1.29, 1.82) is 0 Å². The van der Waals surface area contributed by atoms with Crippen LogP contribution >= 0.6 is 11.6 Å². The first-order chi connectivity index (χ1) is 12.5. The maximum atomic E-state index is 12.4. The van der Waals surface area contributed by atoms with Crippen molar-refractivity contribution < 1.29 is 14.3 Å². The molecule has 3 aromatic carbocycles. The summed E-state index contributed by atoms with van der Waals surface area (Å²) < 4.78 is 5.69. The SMILES string of the molecule is NC(=O)c1cc(Cl)ccc1NC(=O)c1ccc(Oc2ccccc2)cc1. The molecule has 130 valence electrons. The molecule has 0 heterocycles. The molecular weight excluding hydrogens is 352 g/mol. The predicted molar refractivity (Wildman–Crippen MR) is 101 cm³/mol. The second kappa shape index (κ2) is 7.72. The number of amides is 2. The van der Waals surface area contributed by atoms with Crippen molar-refractivity contribution in [3.8, 4) is 11.5 Å². The summed E-state index contributed by atoms with van der Waals surface area (Å²) in [6.07, 6.45) is 0. The van der Waals surface area contributed by atoms with Crippen LogP contribution in [0, 0.1) is 0 Å². The maximum Gasteiger partial charge on any atom is 0.255 e. The lowest BCUT2D eigenvalue weighted by molar-refractivity contribution is 0.100. The van der Waals surface area contributed by atoms with Crippen molar-refractivity contribution >= 4 is 29.1 Å². The Morgan fingerprint density at radius 3 is 2.19 bits per heavy atom. The lowest BCUT2D eigenvalue weighted by Crippen LogP contribution is -2.18. The molecule has 0 aliphatic rings. The molecule has 0 saturated heterocycles. The summed E-state index contributed by atoms with van der Waals surface area (Å²) in [6, 6.07) is 20.5. The van der Waals surface area contributed by atoms with E-state index in [-0.39, 0.29) is 11.5 Å². The van der Waals surface area contributed by atoms with Crippen LogP contribution in [0.1, 0.15) is 20.7 Å². The molecular formula is C20H15ClN2O3. The lowest BCUT2D eigenvalue weighted by atomic mass is 10.1. The van der Waals surface area contributed by atoms with Crippen LogP contribution in [0.15, 0.2) is 72.8 Å². The summed E-state index contributed by atoms with van der Waals surface area (Å²) in [7, 11) is 0. The number of benzene rings is 3. The van der Waals surface area contributed by atoms with E-state index >= 15 is 0 Å². The number of anilines is 1. The van der Waals surface area contributed by atoms with Gasteiger partial charge in [0.25, 0.3) is 11.8 Å². The van der Waals surface area contributed by atoms with Crippen LogP contribution in [0.25, 0.3) is 0 Å². The number of para-hydroxylation sites is 1. The summed E-state index contributed by atoms with van der Waals surface area (Å²) >= 11 is 5.86. The minimum atomic E-state index is -0.672. The van der Waals surface area contributed by atoms with Gasteiger partial charge in [-0.3, -0.25) is 9.59 Å². The third kappa shape index (κ3) is 4.20. The number of rotatable bonds is 5. The number of hydrogen-bond donors (Lipinski definition) is 2. The van der Waals surface area contributed by atoms with E-state index in [1.807, 2.05) is 30.3 Å². The molecule has 0 fully saturated rings. The first-order valence-corrected chi connectivity index (χ1v) is 8.14. The third-order valence-corrected chi connectivity index (χ3v) is 3.83. The Labute approximate surface area is 155 Å². The summed E-state index contributed by atoms with van der Waals surface area (Å²) in [4.78, 5) is 23.9. The molecule has 0 spiro atoms. The number of primary amides is 1. The van der Waals surface area contributed by atoms with E-state index in [1.165, 1.54) is 12.1 Å². The highest BCUT2D eigenvalue weighted by Gasteiger charge is 2.13. The van der Waals surface area contributed by atoms with E-state index in [0.717, 1.165) is 0 Å². The monoisotopic (exact) mass is 366 g/mol. The minimum Gasteiger partial charge on any atom is -0.457 e. The molecule has 0 unspecified atom stereocenters. The van der Waals surface area contributed by atoms with Gasteiger partial charge in [-0.15, -0.1) is 0 Å². The first-order valence-electron chi connectivity index (χ1n) is 7.76. The van der Waals surface area contributed by atoms with E-state index in [4.69, 9.17) is 22.1 Å². The molecule has 0 aromatic heterocycles. The van der Waals surface area contributed by atoms with Gasteiger partial charge >= 0.3 is 0 Å². The second-order valence-corrected chi connectivity index (χ2v) is 5.88. The fraction of sp³-hybridized carbons (Fsp3) is 0. The molecule has 3 aromatic rings. The number of carbonyl (C=O) groups is 2.